The molecule has 0 aromatic carbocycles. The second-order valence-corrected chi connectivity index (χ2v) is 11.6. The lowest BCUT2D eigenvalue weighted by molar-refractivity contribution is -0.280. The van der Waals surface area contributed by atoms with Crippen molar-refractivity contribution in [3.8, 4) is 0 Å². The van der Waals surface area contributed by atoms with Crippen LogP contribution in [-0.2, 0) is 23.7 Å². The Balaban J connectivity index is 1.49. The van der Waals surface area contributed by atoms with Gasteiger partial charge >= 0.3 is 0 Å². The van der Waals surface area contributed by atoms with E-state index in [2.05, 4.69) is 0 Å². The molecule has 18 unspecified atom stereocenters. The van der Waals surface area contributed by atoms with Gasteiger partial charge in [0.25, 0.3) is 0 Å². The van der Waals surface area contributed by atoms with Crippen LogP contribution < -0.4 is 28.7 Å². The van der Waals surface area contributed by atoms with Gasteiger partial charge in [-0.25, -0.2) is 0 Å². The Morgan fingerprint density at radius 2 is 1.29 bits per heavy atom. The molecule has 18 atom stereocenters. The summed E-state index contributed by atoms with van der Waals surface area (Å²) < 4.78 is 29.1. The van der Waals surface area contributed by atoms with Gasteiger partial charge in [0.1, 0.15) is 36.6 Å². The van der Waals surface area contributed by atoms with E-state index in [0.29, 0.717) is 0 Å². The highest BCUT2D eigenvalue weighted by molar-refractivity contribution is 5.02. The van der Waals surface area contributed by atoms with Crippen molar-refractivity contribution >= 4 is 0 Å². The first kappa shape index (κ1) is 33.2. The number of nitrogens with two attached hydrogens (primary N) is 5. The molecule has 17 N–H and O–H groups in total. The highest BCUT2D eigenvalue weighted by Gasteiger charge is 2.53. The minimum Gasteiger partial charge on any atom is -0.394 e. The Kier molecular flexibility index (Phi) is 11.3. The van der Waals surface area contributed by atoms with Crippen molar-refractivity contribution in [1.82, 2.24) is 0 Å². The van der Waals surface area contributed by atoms with Gasteiger partial charge in [0.2, 0.25) is 0 Å². The summed E-state index contributed by atoms with van der Waals surface area (Å²) in [7, 11) is 0. The first-order valence-electron chi connectivity index (χ1n) is 14.0. The van der Waals surface area contributed by atoms with Crippen molar-refractivity contribution < 1.29 is 59.4 Å². The van der Waals surface area contributed by atoms with Crippen LogP contribution in [0.25, 0.3) is 0 Å². The van der Waals surface area contributed by atoms with E-state index in [9.17, 15) is 35.7 Å². The summed E-state index contributed by atoms with van der Waals surface area (Å²) in [6.07, 6.45) is -14.5. The van der Waals surface area contributed by atoms with Crippen molar-refractivity contribution in [3.05, 3.63) is 0 Å². The zero-order valence-corrected chi connectivity index (χ0v) is 22.7. The maximum Gasteiger partial charge on any atom is 0.187 e. The fourth-order valence-corrected chi connectivity index (χ4v) is 6.24. The van der Waals surface area contributed by atoms with E-state index in [-0.39, 0.29) is 32.4 Å². The zero-order valence-electron chi connectivity index (χ0n) is 22.7. The van der Waals surface area contributed by atoms with Crippen LogP contribution >= 0.6 is 0 Å². The maximum absolute atomic E-state index is 11.1. The molecule has 3 saturated heterocycles. The Bertz CT molecular complexity index is 836. The molecule has 0 aromatic rings. The quantitative estimate of drug-likeness (QED) is 0.117. The van der Waals surface area contributed by atoms with E-state index in [4.69, 9.17) is 52.4 Å². The number of ether oxygens (including phenoxy) is 5. The Morgan fingerprint density at radius 3 is 1.93 bits per heavy atom. The molecule has 17 nitrogen and oxygen atoms in total. The average molecular weight is 598 g/mol. The van der Waals surface area contributed by atoms with E-state index in [0.717, 1.165) is 0 Å². The predicted octanol–water partition coefficient (Wildman–Crippen LogP) is -7.17. The molecule has 17 heteroatoms. The molecule has 4 rings (SSSR count). The van der Waals surface area contributed by atoms with E-state index < -0.39 is 116 Å². The molecule has 0 radical (unpaired) electrons. The number of aliphatic hydroxyl groups is 7. The van der Waals surface area contributed by atoms with Crippen LogP contribution in [0.15, 0.2) is 0 Å². The highest BCUT2D eigenvalue weighted by atomic mass is 16.7. The molecule has 0 spiro atoms. The lowest BCUT2D eigenvalue weighted by Gasteiger charge is -2.46. The average Bonchev–Trinajstić information content (AvgIpc) is 3.25. The summed E-state index contributed by atoms with van der Waals surface area (Å²) in [5, 5.41) is 72.5. The maximum atomic E-state index is 11.1. The monoisotopic (exact) mass is 597 g/mol. The van der Waals surface area contributed by atoms with Gasteiger partial charge in [0.05, 0.1) is 55.8 Å². The predicted molar refractivity (Wildman–Crippen MR) is 138 cm³/mol. The Labute approximate surface area is 237 Å². The van der Waals surface area contributed by atoms with Crippen molar-refractivity contribution in [2.24, 2.45) is 34.6 Å². The molecular formula is C24H47N5O12. The van der Waals surface area contributed by atoms with Crippen molar-refractivity contribution in [2.45, 2.75) is 123 Å². The van der Waals surface area contributed by atoms with E-state index >= 15 is 0 Å². The minimum absolute atomic E-state index is 0.141. The fraction of sp³-hybridized carbons (Fsp3) is 1.00. The second kappa shape index (κ2) is 14.0. The van der Waals surface area contributed by atoms with Crippen molar-refractivity contribution in [1.29, 1.82) is 0 Å². The third-order valence-corrected chi connectivity index (χ3v) is 8.78. The van der Waals surface area contributed by atoms with Crippen LogP contribution in [-0.4, -0.2) is 159 Å². The smallest absolute Gasteiger partial charge is 0.187 e. The van der Waals surface area contributed by atoms with Gasteiger partial charge in [0.15, 0.2) is 12.6 Å². The number of hydrogen-bond donors (Lipinski definition) is 12. The second-order valence-electron chi connectivity index (χ2n) is 11.6. The van der Waals surface area contributed by atoms with Crippen LogP contribution in [0.2, 0.25) is 0 Å². The van der Waals surface area contributed by atoms with Crippen LogP contribution in [0, 0.1) is 5.92 Å². The summed E-state index contributed by atoms with van der Waals surface area (Å²) >= 11 is 0. The molecule has 4 fully saturated rings. The normalized spacial score (nSPS) is 53.0. The van der Waals surface area contributed by atoms with Crippen LogP contribution in [0.1, 0.15) is 19.3 Å². The Hall–Kier alpha value is -0.680. The summed E-state index contributed by atoms with van der Waals surface area (Å²) in [6, 6.07) is -3.35. The summed E-state index contributed by atoms with van der Waals surface area (Å²) in [6.45, 7) is -1.06. The molecular weight excluding hydrogens is 550 g/mol. The first-order chi connectivity index (χ1) is 19.4. The number of hydrogen-bond acceptors (Lipinski definition) is 17. The first-order valence-corrected chi connectivity index (χ1v) is 14.0. The molecule has 3 aliphatic heterocycles. The largest absolute Gasteiger partial charge is 0.394 e. The minimum atomic E-state index is -1.53. The van der Waals surface area contributed by atoms with Crippen LogP contribution in [0.5, 0.6) is 0 Å². The molecule has 240 valence electrons. The third kappa shape index (κ3) is 6.86. The van der Waals surface area contributed by atoms with Gasteiger partial charge in [0, 0.05) is 31.0 Å². The molecule has 0 aromatic heterocycles. The molecule has 41 heavy (non-hydrogen) atoms. The van der Waals surface area contributed by atoms with Crippen LogP contribution in [0.3, 0.4) is 0 Å². The number of rotatable bonds is 9. The molecule has 0 bridgehead atoms. The molecule has 4 aliphatic rings. The fourth-order valence-electron chi connectivity index (χ4n) is 6.24. The van der Waals surface area contributed by atoms with E-state index in [1.807, 2.05) is 0 Å². The summed E-state index contributed by atoms with van der Waals surface area (Å²) in [4.78, 5) is 0. The summed E-state index contributed by atoms with van der Waals surface area (Å²) in [5.74, 6) is -0.620. The van der Waals surface area contributed by atoms with E-state index in [1.54, 1.807) is 0 Å². The van der Waals surface area contributed by atoms with Crippen molar-refractivity contribution in [3.63, 3.8) is 0 Å². The highest BCUT2D eigenvalue weighted by Crippen LogP contribution is 2.37. The standard InChI is InChI=1S/C24H47N5O12/c25-4-13-18(34)19(35)16(29)23(38-13)41-22-14(6-31)39-24(20(22)36)40-21-8(9(26)3-10(27)17(21)33)2-12-15(28)11(32)1-7(5-30)37-12/h7-24,30-36H,1-6,25-29H2. The van der Waals surface area contributed by atoms with Crippen molar-refractivity contribution in [2.75, 3.05) is 19.8 Å². The lowest BCUT2D eigenvalue weighted by Crippen LogP contribution is -2.64. The molecule has 1 aliphatic carbocycles. The zero-order chi connectivity index (χ0) is 30.2. The topological polar surface area (TPSA) is 318 Å². The number of aliphatic hydroxyl groups excluding tert-OH is 7. The molecule has 3 heterocycles. The molecule has 1 saturated carbocycles. The third-order valence-electron chi connectivity index (χ3n) is 8.78. The van der Waals surface area contributed by atoms with E-state index in [1.165, 1.54) is 0 Å². The molecule has 0 amide bonds. The lowest BCUT2D eigenvalue weighted by atomic mass is 9.74. The Morgan fingerprint density at radius 1 is 0.634 bits per heavy atom. The van der Waals surface area contributed by atoms with Gasteiger partial charge in [-0.05, 0) is 12.8 Å². The summed E-state index contributed by atoms with van der Waals surface area (Å²) in [5.41, 5.74) is 30.4. The SMILES string of the molecule is NCC1OC(OC2C(CO)OC(OC3C(O)C(N)CC(N)C3CC3OC(CO)CC(O)C3N)C2O)C(N)C(O)C1O. The van der Waals surface area contributed by atoms with Gasteiger partial charge in [-0.3, -0.25) is 0 Å². The van der Waals surface area contributed by atoms with Gasteiger partial charge in [-0.1, -0.05) is 0 Å². The van der Waals surface area contributed by atoms with Gasteiger partial charge in [-0.15, -0.1) is 0 Å². The van der Waals surface area contributed by atoms with Gasteiger partial charge in [-0.2, -0.15) is 0 Å². The van der Waals surface area contributed by atoms with Gasteiger partial charge < -0.3 is 88.1 Å². The van der Waals surface area contributed by atoms with Crippen LogP contribution in [0.4, 0.5) is 0 Å².